The molecule has 0 bridgehead atoms. The first-order valence-electron chi connectivity index (χ1n) is 4.06. The number of hydrogen-bond acceptors (Lipinski definition) is 1. The van der Waals surface area contributed by atoms with Crippen molar-refractivity contribution >= 4 is 5.91 Å². The minimum absolute atomic E-state index is 0. The van der Waals surface area contributed by atoms with Gasteiger partial charge in [0.25, 0.3) is 0 Å². The van der Waals surface area contributed by atoms with Crippen molar-refractivity contribution in [2.45, 2.75) is 40.0 Å². The predicted octanol–water partition coefficient (Wildman–Crippen LogP) is 2.04. The Balaban J connectivity index is 0.000001000. The molecule has 0 aromatic carbocycles. The Morgan fingerprint density at radius 1 is 1.09 bits per heavy atom. The third-order valence-corrected chi connectivity index (χ3v) is 2.05. The summed E-state index contributed by atoms with van der Waals surface area (Å²) in [5.74, 6) is 0.238. The van der Waals surface area contributed by atoms with Gasteiger partial charge in [-0.05, 0) is 12.8 Å². The second-order valence-electron chi connectivity index (χ2n) is 2.92. The molecule has 0 aliphatic carbocycles. The van der Waals surface area contributed by atoms with Crippen LogP contribution in [0.25, 0.3) is 0 Å². The summed E-state index contributed by atoms with van der Waals surface area (Å²) in [6.45, 7) is 3.62. The molecule has 2 heteroatoms. The van der Waals surface area contributed by atoms with Crippen LogP contribution in [0.15, 0.2) is 0 Å². The van der Waals surface area contributed by atoms with Gasteiger partial charge in [-0.3, -0.25) is 4.79 Å². The zero-order valence-corrected chi connectivity index (χ0v) is 6.60. The molecule has 0 N–H and O–H groups in total. The molecule has 2 nitrogen and oxygen atoms in total. The summed E-state index contributed by atoms with van der Waals surface area (Å²) in [7, 11) is 0. The molecule has 0 aromatic heterocycles. The predicted molar refractivity (Wildman–Crippen MR) is 47.5 cm³/mol. The van der Waals surface area contributed by atoms with Crippen LogP contribution in [0, 0.1) is 0 Å². The van der Waals surface area contributed by atoms with E-state index in [0.717, 1.165) is 13.1 Å². The smallest absolute Gasteiger partial charge is 0.219 e. The summed E-state index contributed by atoms with van der Waals surface area (Å²) in [5, 5.41) is 0. The van der Waals surface area contributed by atoms with E-state index in [9.17, 15) is 4.79 Å². The van der Waals surface area contributed by atoms with Crippen LogP contribution in [-0.4, -0.2) is 23.9 Å². The van der Waals surface area contributed by atoms with E-state index in [-0.39, 0.29) is 13.3 Å². The molecule has 1 aliphatic heterocycles. The van der Waals surface area contributed by atoms with E-state index in [0.29, 0.717) is 0 Å². The highest BCUT2D eigenvalue weighted by atomic mass is 16.2. The van der Waals surface area contributed by atoms with Crippen molar-refractivity contribution in [1.82, 2.24) is 4.90 Å². The van der Waals surface area contributed by atoms with Gasteiger partial charge in [0.05, 0.1) is 0 Å². The van der Waals surface area contributed by atoms with Crippen LogP contribution in [0.2, 0.25) is 0 Å². The van der Waals surface area contributed by atoms with Gasteiger partial charge in [-0.1, -0.05) is 20.3 Å². The normalized spacial score (nSPS) is 18.5. The van der Waals surface area contributed by atoms with Crippen molar-refractivity contribution in [3.8, 4) is 0 Å². The lowest BCUT2D eigenvalue weighted by Crippen LogP contribution is -2.29. The standard InChI is InChI=1S/C8H15NO.CH4/c1-8(10)9-6-4-2-3-5-7-9;/h2-7H2,1H3;1H4. The third-order valence-electron chi connectivity index (χ3n) is 2.05. The van der Waals surface area contributed by atoms with E-state index >= 15 is 0 Å². The van der Waals surface area contributed by atoms with Crippen molar-refractivity contribution in [2.75, 3.05) is 13.1 Å². The van der Waals surface area contributed by atoms with E-state index < -0.39 is 0 Å². The fourth-order valence-electron chi connectivity index (χ4n) is 1.39. The quantitative estimate of drug-likeness (QED) is 0.527. The summed E-state index contributed by atoms with van der Waals surface area (Å²) in [5.41, 5.74) is 0. The Hall–Kier alpha value is -0.530. The second-order valence-corrected chi connectivity index (χ2v) is 2.92. The first kappa shape index (κ1) is 10.5. The molecule has 0 spiro atoms. The van der Waals surface area contributed by atoms with Crippen molar-refractivity contribution in [3.63, 3.8) is 0 Å². The van der Waals surface area contributed by atoms with Gasteiger partial charge in [-0.2, -0.15) is 0 Å². The van der Waals surface area contributed by atoms with Crippen molar-refractivity contribution < 1.29 is 4.79 Å². The summed E-state index contributed by atoms with van der Waals surface area (Å²) < 4.78 is 0. The Labute approximate surface area is 69.6 Å². The molecule has 1 heterocycles. The number of carbonyl (C=O) groups excluding carboxylic acids is 1. The summed E-state index contributed by atoms with van der Waals surface area (Å²) in [4.78, 5) is 12.8. The van der Waals surface area contributed by atoms with Crippen LogP contribution < -0.4 is 0 Å². The van der Waals surface area contributed by atoms with Gasteiger partial charge in [0.15, 0.2) is 0 Å². The van der Waals surface area contributed by atoms with E-state index in [1.807, 2.05) is 4.90 Å². The molecule has 1 rings (SSSR count). The zero-order chi connectivity index (χ0) is 7.40. The van der Waals surface area contributed by atoms with E-state index in [1.165, 1.54) is 25.7 Å². The molecule has 0 aromatic rings. The number of likely N-dealkylation sites (tertiary alicyclic amines) is 1. The summed E-state index contributed by atoms with van der Waals surface area (Å²) in [6.07, 6.45) is 4.98. The molecule has 11 heavy (non-hydrogen) atoms. The summed E-state index contributed by atoms with van der Waals surface area (Å²) >= 11 is 0. The molecule has 1 amide bonds. The van der Waals surface area contributed by atoms with Crippen LogP contribution in [0.4, 0.5) is 0 Å². The highest BCUT2D eigenvalue weighted by Crippen LogP contribution is 2.08. The van der Waals surface area contributed by atoms with Gasteiger partial charge in [0.2, 0.25) is 5.91 Å². The molecular formula is C9H19NO. The maximum Gasteiger partial charge on any atom is 0.219 e. The monoisotopic (exact) mass is 157 g/mol. The molecule has 0 radical (unpaired) electrons. The van der Waals surface area contributed by atoms with Crippen molar-refractivity contribution in [1.29, 1.82) is 0 Å². The highest BCUT2D eigenvalue weighted by molar-refractivity contribution is 5.73. The maximum absolute atomic E-state index is 10.9. The molecule has 0 unspecified atom stereocenters. The second kappa shape index (κ2) is 5.16. The Morgan fingerprint density at radius 2 is 1.55 bits per heavy atom. The minimum atomic E-state index is 0. The number of rotatable bonds is 0. The zero-order valence-electron chi connectivity index (χ0n) is 6.60. The maximum atomic E-state index is 10.9. The van der Waals surface area contributed by atoms with Crippen LogP contribution in [0.5, 0.6) is 0 Å². The van der Waals surface area contributed by atoms with Crippen molar-refractivity contribution in [3.05, 3.63) is 0 Å². The van der Waals surface area contributed by atoms with Gasteiger partial charge in [0, 0.05) is 20.0 Å². The van der Waals surface area contributed by atoms with Crippen LogP contribution in [-0.2, 0) is 4.79 Å². The van der Waals surface area contributed by atoms with Gasteiger partial charge in [0.1, 0.15) is 0 Å². The van der Waals surface area contributed by atoms with Crippen molar-refractivity contribution in [2.24, 2.45) is 0 Å². The number of hydrogen-bond donors (Lipinski definition) is 0. The Kier molecular flexibility index (Phi) is 4.92. The summed E-state index contributed by atoms with van der Waals surface area (Å²) in [6, 6.07) is 0. The number of amides is 1. The van der Waals surface area contributed by atoms with Gasteiger partial charge < -0.3 is 4.90 Å². The van der Waals surface area contributed by atoms with Gasteiger partial charge in [-0.25, -0.2) is 0 Å². The van der Waals surface area contributed by atoms with Crippen LogP contribution in [0.1, 0.15) is 40.0 Å². The molecule has 1 fully saturated rings. The van der Waals surface area contributed by atoms with Gasteiger partial charge >= 0.3 is 0 Å². The Morgan fingerprint density at radius 3 is 1.91 bits per heavy atom. The minimum Gasteiger partial charge on any atom is -0.343 e. The molecule has 1 aliphatic rings. The lowest BCUT2D eigenvalue weighted by molar-refractivity contribution is -0.128. The molecule has 0 saturated carbocycles. The van der Waals surface area contributed by atoms with Gasteiger partial charge in [-0.15, -0.1) is 0 Å². The average molecular weight is 157 g/mol. The molecule has 0 atom stereocenters. The first-order chi connectivity index (χ1) is 4.80. The molecular weight excluding hydrogens is 138 g/mol. The van der Waals surface area contributed by atoms with Crippen LogP contribution >= 0.6 is 0 Å². The largest absolute Gasteiger partial charge is 0.343 e. The number of carbonyl (C=O) groups is 1. The van der Waals surface area contributed by atoms with Crippen LogP contribution in [0.3, 0.4) is 0 Å². The first-order valence-corrected chi connectivity index (χ1v) is 4.06. The lowest BCUT2D eigenvalue weighted by Gasteiger charge is -2.17. The SMILES string of the molecule is C.CC(=O)N1CCCCCC1. The third kappa shape index (κ3) is 3.40. The molecule has 66 valence electrons. The van der Waals surface area contributed by atoms with E-state index in [1.54, 1.807) is 6.92 Å². The van der Waals surface area contributed by atoms with E-state index in [2.05, 4.69) is 0 Å². The molecule has 1 saturated heterocycles. The number of nitrogens with zero attached hydrogens (tertiary/aromatic N) is 1. The fourth-order valence-corrected chi connectivity index (χ4v) is 1.39. The Bertz CT molecular complexity index is 115. The topological polar surface area (TPSA) is 20.3 Å². The lowest BCUT2D eigenvalue weighted by atomic mass is 10.2. The average Bonchev–Trinajstić information content (AvgIpc) is 2.12. The van der Waals surface area contributed by atoms with E-state index in [4.69, 9.17) is 0 Å². The highest BCUT2D eigenvalue weighted by Gasteiger charge is 2.09. The fraction of sp³-hybridized carbons (Fsp3) is 0.889.